The normalized spacial score (nSPS) is 15.2. The molecule has 0 spiro atoms. The second-order valence-corrected chi connectivity index (χ2v) is 6.16. The van der Waals surface area contributed by atoms with E-state index in [4.69, 9.17) is 0 Å². The fourth-order valence-corrected chi connectivity index (χ4v) is 3.99. The van der Waals surface area contributed by atoms with Crippen molar-refractivity contribution in [1.29, 1.82) is 0 Å². The van der Waals surface area contributed by atoms with Gasteiger partial charge in [-0.15, -0.1) is 0 Å². The highest BCUT2D eigenvalue weighted by Crippen LogP contribution is 2.13. The summed E-state index contributed by atoms with van der Waals surface area (Å²) in [7, 11) is -2.51. The van der Waals surface area contributed by atoms with E-state index >= 15 is 0 Å². The van der Waals surface area contributed by atoms with Crippen LogP contribution in [0.1, 0.15) is 20.8 Å². The standard InChI is InChI=1S/C7H19N2O4S2/c1-5-9(6-2,7-3)15(11,12)8-14(10)13-4/h8H,5-7H2,1-4H3/q+1. The molecule has 15 heavy (non-hydrogen) atoms. The lowest BCUT2D eigenvalue weighted by molar-refractivity contribution is -0.801. The number of nitrogens with one attached hydrogen (secondary N) is 1. The van der Waals surface area contributed by atoms with Gasteiger partial charge in [-0.2, -0.15) is 8.42 Å². The van der Waals surface area contributed by atoms with E-state index < -0.39 is 21.5 Å². The molecule has 0 aliphatic rings. The van der Waals surface area contributed by atoms with Crippen molar-refractivity contribution < 1.29 is 20.7 Å². The van der Waals surface area contributed by atoms with Crippen molar-refractivity contribution in [1.82, 2.24) is 4.13 Å². The Kier molecular flexibility index (Phi) is 5.89. The minimum atomic E-state index is -3.68. The van der Waals surface area contributed by atoms with Crippen LogP contribution in [0.15, 0.2) is 0 Å². The van der Waals surface area contributed by atoms with E-state index in [9.17, 15) is 12.6 Å². The Hall–Kier alpha value is -0.0200. The molecule has 0 saturated heterocycles. The molecule has 0 bridgehead atoms. The SMILES string of the molecule is CC[N+](CC)(CC)S(=O)(=O)NS(=O)OC. The van der Waals surface area contributed by atoms with Gasteiger partial charge < -0.3 is 0 Å². The van der Waals surface area contributed by atoms with Gasteiger partial charge in [0.25, 0.3) is 11.3 Å². The third-order valence-electron chi connectivity index (χ3n) is 2.56. The monoisotopic (exact) mass is 259 g/mol. The second-order valence-electron chi connectivity index (χ2n) is 2.97. The fourth-order valence-electron chi connectivity index (χ4n) is 1.38. The molecular weight excluding hydrogens is 240 g/mol. The number of nitrogens with zero attached hydrogens (tertiary/aromatic N) is 1. The van der Waals surface area contributed by atoms with Crippen LogP contribution in [0, 0.1) is 0 Å². The largest absolute Gasteiger partial charge is 0.383 e. The molecule has 0 aromatic heterocycles. The van der Waals surface area contributed by atoms with E-state index in [2.05, 4.69) is 4.18 Å². The van der Waals surface area contributed by atoms with Crippen molar-refractivity contribution >= 4 is 21.5 Å². The zero-order valence-corrected chi connectivity index (χ0v) is 11.2. The van der Waals surface area contributed by atoms with Crippen LogP contribution in [0.5, 0.6) is 0 Å². The highest BCUT2D eigenvalue weighted by Gasteiger charge is 2.38. The van der Waals surface area contributed by atoms with E-state index in [1.807, 2.05) is 4.13 Å². The molecule has 1 unspecified atom stereocenters. The quantitative estimate of drug-likeness (QED) is 0.649. The third kappa shape index (κ3) is 3.22. The fraction of sp³-hybridized carbons (Fsp3) is 1.00. The molecule has 0 saturated carbocycles. The van der Waals surface area contributed by atoms with Crippen LogP contribution >= 0.6 is 0 Å². The Balaban J connectivity index is 5.05. The lowest BCUT2D eigenvalue weighted by Crippen LogP contribution is -2.57. The van der Waals surface area contributed by atoms with Crippen molar-refractivity contribution in [3.05, 3.63) is 0 Å². The molecule has 0 radical (unpaired) electrons. The van der Waals surface area contributed by atoms with E-state index in [1.54, 1.807) is 20.8 Å². The molecule has 0 rings (SSSR count). The molecule has 1 N–H and O–H groups in total. The van der Waals surface area contributed by atoms with Crippen LogP contribution in [0.3, 0.4) is 0 Å². The topological polar surface area (TPSA) is 72.5 Å². The maximum absolute atomic E-state index is 11.9. The first kappa shape index (κ1) is 15.0. The summed E-state index contributed by atoms with van der Waals surface area (Å²) >= 11 is -2.00. The second kappa shape index (κ2) is 5.90. The van der Waals surface area contributed by atoms with Gasteiger partial charge >= 0.3 is 10.2 Å². The third-order valence-corrected chi connectivity index (χ3v) is 6.05. The summed E-state index contributed by atoms with van der Waals surface area (Å²) in [6.07, 6.45) is 0. The van der Waals surface area contributed by atoms with Crippen LogP contribution in [-0.2, 0) is 25.7 Å². The average molecular weight is 259 g/mol. The van der Waals surface area contributed by atoms with E-state index in [1.165, 1.54) is 7.11 Å². The predicted octanol–water partition coefficient (Wildman–Crippen LogP) is -0.0776. The Labute approximate surface area is 94.2 Å². The number of hydrogen-bond acceptors (Lipinski definition) is 4. The maximum Gasteiger partial charge on any atom is 0.383 e. The first-order valence-corrected chi connectivity index (χ1v) is 7.25. The molecule has 0 aliphatic carbocycles. The van der Waals surface area contributed by atoms with Gasteiger partial charge in [-0.3, -0.25) is 4.18 Å². The van der Waals surface area contributed by atoms with E-state index in [0.29, 0.717) is 19.6 Å². The number of rotatable bonds is 7. The Bertz CT molecular complexity index is 303. The zero-order valence-electron chi connectivity index (χ0n) is 9.52. The molecule has 0 heterocycles. The number of quaternary nitrogens is 1. The molecule has 0 amide bonds. The minimum Gasteiger partial charge on any atom is -0.281 e. The van der Waals surface area contributed by atoms with Gasteiger partial charge in [-0.05, 0) is 20.8 Å². The Morgan fingerprint density at radius 1 is 1.20 bits per heavy atom. The van der Waals surface area contributed by atoms with Crippen molar-refractivity contribution in [3.63, 3.8) is 0 Å². The van der Waals surface area contributed by atoms with Crippen molar-refractivity contribution in [2.24, 2.45) is 0 Å². The molecular formula is C7H19N2O4S2+. The minimum absolute atomic E-state index is 0.151. The highest BCUT2D eigenvalue weighted by atomic mass is 32.3. The molecule has 0 aromatic rings. The van der Waals surface area contributed by atoms with Crippen LogP contribution in [0.4, 0.5) is 0 Å². The molecule has 0 aliphatic heterocycles. The molecule has 0 fully saturated rings. The van der Waals surface area contributed by atoms with Crippen LogP contribution in [0.2, 0.25) is 0 Å². The Morgan fingerprint density at radius 2 is 1.60 bits per heavy atom. The van der Waals surface area contributed by atoms with Crippen LogP contribution in [0.25, 0.3) is 0 Å². The van der Waals surface area contributed by atoms with Crippen molar-refractivity contribution in [3.8, 4) is 0 Å². The van der Waals surface area contributed by atoms with Gasteiger partial charge in [0.15, 0.2) is 0 Å². The Morgan fingerprint density at radius 3 is 1.87 bits per heavy atom. The molecule has 1 atom stereocenters. The summed E-state index contributed by atoms with van der Waals surface area (Å²) in [5, 5.41) is 0. The van der Waals surface area contributed by atoms with Crippen LogP contribution < -0.4 is 4.13 Å². The summed E-state index contributed by atoms with van der Waals surface area (Å²) < 4.78 is 41.0. The van der Waals surface area contributed by atoms with Crippen LogP contribution in [-0.4, -0.2) is 43.3 Å². The summed E-state index contributed by atoms with van der Waals surface area (Å²) in [5.41, 5.74) is 0. The molecule has 92 valence electrons. The van der Waals surface area contributed by atoms with E-state index in [0.717, 1.165) is 0 Å². The van der Waals surface area contributed by atoms with Gasteiger partial charge in [0, 0.05) is 0 Å². The zero-order chi connectivity index (χ0) is 12.1. The van der Waals surface area contributed by atoms with Gasteiger partial charge in [0.1, 0.15) is 0 Å². The first-order valence-electron chi connectivity index (χ1n) is 4.74. The maximum atomic E-state index is 11.9. The number of hydrogen-bond donors (Lipinski definition) is 1. The van der Waals surface area contributed by atoms with Gasteiger partial charge in [-0.1, -0.05) is 4.13 Å². The van der Waals surface area contributed by atoms with Crippen molar-refractivity contribution in [2.45, 2.75) is 20.8 Å². The molecule has 8 heteroatoms. The predicted molar refractivity (Wildman–Crippen MR) is 59.1 cm³/mol. The molecule has 0 aromatic carbocycles. The van der Waals surface area contributed by atoms with Gasteiger partial charge in [-0.25, -0.2) is 8.10 Å². The van der Waals surface area contributed by atoms with Gasteiger partial charge in [0.2, 0.25) is 0 Å². The summed E-state index contributed by atoms with van der Waals surface area (Å²) in [5.74, 6) is 0. The first-order chi connectivity index (χ1) is 6.89. The van der Waals surface area contributed by atoms with Crippen molar-refractivity contribution in [2.75, 3.05) is 26.7 Å². The molecule has 6 nitrogen and oxygen atoms in total. The smallest absolute Gasteiger partial charge is 0.281 e. The average Bonchev–Trinajstić information content (AvgIpc) is 2.20. The van der Waals surface area contributed by atoms with Gasteiger partial charge in [0.05, 0.1) is 26.7 Å². The van der Waals surface area contributed by atoms with E-state index in [-0.39, 0.29) is 3.89 Å². The lowest BCUT2D eigenvalue weighted by atomic mass is 10.5. The summed E-state index contributed by atoms with van der Waals surface area (Å²) in [4.78, 5) is 0. The summed E-state index contributed by atoms with van der Waals surface area (Å²) in [6, 6.07) is 0. The highest BCUT2D eigenvalue weighted by molar-refractivity contribution is 7.96. The lowest BCUT2D eigenvalue weighted by Gasteiger charge is -2.32. The summed E-state index contributed by atoms with van der Waals surface area (Å²) in [6.45, 7) is 6.60.